The molecule has 62 valence electrons. The van der Waals surface area contributed by atoms with Crippen LogP contribution in [0.15, 0.2) is 12.5 Å². The first-order valence-corrected chi connectivity index (χ1v) is 4.13. The second-order valence-corrected chi connectivity index (χ2v) is 3.16. The van der Waals surface area contributed by atoms with Crippen molar-refractivity contribution in [1.29, 1.82) is 0 Å². The molecule has 2 heterocycles. The van der Waals surface area contributed by atoms with Gasteiger partial charge in [0.2, 0.25) is 0 Å². The van der Waals surface area contributed by atoms with Crippen molar-refractivity contribution in [1.82, 2.24) is 9.55 Å². The first kappa shape index (κ1) is 6.70. The maximum atomic E-state index is 4.08. The highest BCUT2D eigenvalue weighted by atomic mass is 15.2. The fourth-order valence-corrected chi connectivity index (χ4v) is 1.51. The molecular weight excluding hydrogens is 138 g/mol. The maximum absolute atomic E-state index is 4.08. The molecule has 1 aliphatic heterocycles. The zero-order chi connectivity index (χ0) is 7.68. The molecule has 0 spiro atoms. The van der Waals surface area contributed by atoms with E-state index in [4.69, 9.17) is 0 Å². The third-order valence-corrected chi connectivity index (χ3v) is 2.14. The molecule has 2 rings (SSSR count). The number of hydrogen-bond acceptors (Lipinski definition) is 2. The highest BCUT2D eigenvalue weighted by Gasteiger charge is 2.10. The van der Waals surface area contributed by atoms with E-state index >= 15 is 0 Å². The summed E-state index contributed by atoms with van der Waals surface area (Å²) in [4.78, 5) is 4.08. The molecule has 11 heavy (non-hydrogen) atoms. The van der Waals surface area contributed by atoms with Crippen molar-refractivity contribution in [3.63, 3.8) is 0 Å². The molecule has 3 nitrogen and oxygen atoms in total. The number of nitrogens with one attached hydrogen (secondary N) is 1. The summed E-state index contributed by atoms with van der Waals surface area (Å²) in [6, 6.07) is 0.591. The van der Waals surface area contributed by atoms with Crippen LogP contribution in [0.1, 0.15) is 21.2 Å². The van der Waals surface area contributed by atoms with Gasteiger partial charge in [0.25, 0.3) is 0 Å². The molecule has 1 unspecified atom stereocenters. The van der Waals surface area contributed by atoms with Crippen molar-refractivity contribution in [2.45, 2.75) is 32.4 Å². The molecule has 0 saturated carbocycles. The largest absolute Gasteiger partial charge is 0.368 e. The number of aromatic nitrogens is 2. The zero-order valence-corrected chi connectivity index (χ0v) is 6.75. The van der Waals surface area contributed by atoms with Gasteiger partial charge in [0.15, 0.2) is 0 Å². The minimum atomic E-state index is 0. The lowest BCUT2D eigenvalue weighted by molar-refractivity contribution is 0.613. The number of imidazole rings is 1. The summed E-state index contributed by atoms with van der Waals surface area (Å²) in [5, 5.41) is 3.40. The van der Waals surface area contributed by atoms with Crippen LogP contribution >= 0.6 is 0 Å². The van der Waals surface area contributed by atoms with Gasteiger partial charge in [-0.3, -0.25) is 0 Å². The quantitative estimate of drug-likeness (QED) is 0.615. The Hall–Kier alpha value is -0.990. The molecule has 0 aliphatic carbocycles. The minimum Gasteiger partial charge on any atom is -0.368 e. The summed E-state index contributed by atoms with van der Waals surface area (Å²) in [5.74, 6) is 1.16. The fraction of sp³-hybridized carbons (Fsp3) is 0.625. The molecule has 1 aromatic heterocycles. The molecule has 1 atom stereocenters. The number of rotatable bonds is 0. The topological polar surface area (TPSA) is 29.9 Å². The van der Waals surface area contributed by atoms with E-state index in [-0.39, 0.29) is 1.43 Å². The van der Waals surface area contributed by atoms with Crippen LogP contribution in [0.5, 0.6) is 0 Å². The summed E-state index contributed by atoms with van der Waals surface area (Å²) in [6.45, 7) is 3.31. The first-order valence-electron chi connectivity index (χ1n) is 4.13. The van der Waals surface area contributed by atoms with E-state index < -0.39 is 0 Å². The van der Waals surface area contributed by atoms with Gasteiger partial charge in [-0.15, -0.1) is 0 Å². The molecule has 0 aromatic carbocycles. The van der Waals surface area contributed by atoms with E-state index in [2.05, 4.69) is 21.8 Å². The number of nitrogens with zero attached hydrogens (tertiary/aromatic N) is 2. The van der Waals surface area contributed by atoms with Crippen LogP contribution in [0.4, 0.5) is 5.82 Å². The average Bonchev–Trinajstić information content (AvgIpc) is 2.31. The van der Waals surface area contributed by atoms with Gasteiger partial charge in [-0.05, 0) is 19.8 Å². The highest BCUT2D eigenvalue weighted by molar-refractivity contribution is 5.34. The SMILES string of the molecule is CC1CCCn2cncc2N1.[HH]. The van der Waals surface area contributed by atoms with Gasteiger partial charge >= 0.3 is 0 Å². The van der Waals surface area contributed by atoms with E-state index in [9.17, 15) is 0 Å². The summed E-state index contributed by atoms with van der Waals surface area (Å²) in [7, 11) is 0. The van der Waals surface area contributed by atoms with Gasteiger partial charge in [-0.1, -0.05) is 0 Å². The molecule has 0 radical (unpaired) electrons. The summed E-state index contributed by atoms with van der Waals surface area (Å²) < 4.78 is 2.17. The van der Waals surface area contributed by atoms with Gasteiger partial charge in [0.05, 0.1) is 12.5 Å². The molecule has 0 fully saturated rings. The molecule has 1 aliphatic rings. The minimum absolute atomic E-state index is 0. The third kappa shape index (κ3) is 1.23. The Morgan fingerprint density at radius 3 is 3.64 bits per heavy atom. The molecule has 1 N–H and O–H groups in total. The van der Waals surface area contributed by atoms with Crippen molar-refractivity contribution in [3.05, 3.63) is 12.5 Å². The summed E-state index contributed by atoms with van der Waals surface area (Å²) in [5.41, 5.74) is 0. The van der Waals surface area contributed by atoms with Crippen LogP contribution in [-0.4, -0.2) is 15.6 Å². The third-order valence-electron chi connectivity index (χ3n) is 2.14. The summed E-state index contributed by atoms with van der Waals surface area (Å²) in [6.07, 6.45) is 6.28. The fourth-order valence-electron chi connectivity index (χ4n) is 1.51. The standard InChI is InChI=1S/C8H13N3.H2/c1-7-3-2-4-11-6-9-5-8(11)10-7;/h5-7,10H,2-4H2,1H3;1H. The van der Waals surface area contributed by atoms with Gasteiger partial charge in [0.1, 0.15) is 5.82 Å². The predicted octanol–water partition coefficient (Wildman–Crippen LogP) is 1.72. The molecule has 0 saturated heterocycles. The van der Waals surface area contributed by atoms with Crippen LogP contribution in [0.2, 0.25) is 0 Å². The van der Waals surface area contributed by atoms with Gasteiger partial charge in [-0.2, -0.15) is 0 Å². The Morgan fingerprint density at radius 2 is 2.73 bits per heavy atom. The number of aryl methyl sites for hydroxylation is 1. The molecular formula is C8H15N3. The Balaban J connectivity index is 0.000000720. The Bertz CT molecular complexity index is 246. The smallest absolute Gasteiger partial charge is 0.126 e. The zero-order valence-electron chi connectivity index (χ0n) is 6.75. The maximum Gasteiger partial charge on any atom is 0.126 e. The average molecular weight is 153 g/mol. The van der Waals surface area contributed by atoms with Crippen LogP contribution in [0, 0.1) is 0 Å². The van der Waals surface area contributed by atoms with E-state index in [0.29, 0.717) is 6.04 Å². The lowest BCUT2D eigenvalue weighted by Crippen LogP contribution is -2.13. The van der Waals surface area contributed by atoms with E-state index in [1.807, 2.05) is 12.5 Å². The first-order chi connectivity index (χ1) is 5.36. The van der Waals surface area contributed by atoms with Gasteiger partial charge < -0.3 is 9.88 Å². The second kappa shape index (κ2) is 2.57. The van der Waals surface area contributed by atoms with Crippen molar-refractivity contribution in [3.8, 4) is 0 Å². The van der Waals surface area contributed by atoms with E-state index in [0.717, 1.165) is 12.4 Å². The molecule has 3 heteroatoms. The second-order valence-electron chi connectivity index (χ2n) is 3.16. The molecule has 0 amide bonds. The Kier molecular flexibility index (Phi) is 1.56. The van der Waals surface area contributed by atoms with Crippen LogP contribution in [0.25, 0.3) is 0 Å². The Morgan fingerprint density at radius 1 is 1.82 bits per heavy atom. The van der Waals surface area contributed by atoms with Crippen molar-refractivity contribution in [2.24, 2.45) is 0 Å². The normalized spacial score (nSPS) is 23.5. The van der Waals surface area contributed by atoms with Gasteiger partial charge in [-0.25, -0.2) is 4.98 Å². The van der Waals surface area contributed by atoms with Gasteiger partial charge in [0, 0.05) is 14.0 Å². The number of hydrogen-bond donors (Lipinski definition) is 1. The van der Waals surface area contributed by atoms with Crippen molar-refractivity contribution < 1.29 is 1.43 Å². The van der Waals surface area contributed by atoms with Crippen LogP contribution < -0.4 is 5.32 Å². The number of fused-ring (bicyclic) bond motifs is 1. The van der Waals surface area contributed by atoms with Crippen LogP contribution in [-0.2, 0) is 6.54 Å². The van der Waals surface area contributed by atoms with Crippen molar-refractivity contribution in [2.75, 3.05) is 5.32 Å². The number of anilines is 1. The lowest BCUT2D eigenvalue weighted by Gasteiger charge is -2.09. The summed E-state index contributed by atoms with van der Waals surface area (Å²) >= 11 is 0. The highest BCUT2D eigenvalue weighted by Crippen LogP contribution is 2.15. The van der Waals surface area contributed by atoms with Crippen molar-refractivity contribution >= 4 is 5.82 Å². The lowest BCUT2D eigenvalue weighted by atomic mass is 10.2. The predicted molar refractivity (Wildman–Crippen MR) is 46.7 cm³/mol. The van der Waals surface area contributed by atoms with E-state index in [1.165, 1.54) is 12.8 Å². The van der Waals surface area contributed by atoms with E-state index in [1.54, 1.807) is 0 Å². The Labute approximate surface area is 67.9 Å². The molecule has 1 aromatic rings. The monoisotopic (exact) mass is 153 g/mol. The van der Waals surface area contributed by atoms with Crippen LogP contribution in [0.3, 0.4) is 0 Å². The molecule has 0 bridgehead atoms.